The van der Waals surface area contributed by atoms with Crippen LogP contribution in [0.3, 0.4) is 0 Å². The molecule has 0 saturated heterocycles. The molecule has 2 amide bonds. The molecular weight excluding hydrogens is 429 g/mol. The summed E-state index contributed by atoms with van der Waals surface area (Å²) in [7, 11) is 3.00. The van der Waals surface area contributed by atoms with Crippen molar-refractivity contribution in [3.63, 3.8) is 0 Å². The Bertz CT molecular complexity index is 1110. The lowest BCUT2D eigenvalue weighted by Crippen LogP contribution is -2.20. The molecule has 0 spiro atoms. The maximum Gasteiger partial charge on any atom is 0.271 e. The number of benzene rings is 3. The highest BCUT2D eigenvalue weighted by Crippen LogP contribution is 2.22. The summed E-state index contributed by atoms with van der Waals surface area (Å²) in [5.41, 5.74) is 3.97. The number of hydrogen-bond acceptors (Lipinski definition) is 6. The van der Waals surface area contributed by atoms with Crippen LogP contribution in [0.15, 0.2) is 71.8 Å². The number of hydrazone groups is 1. The number of ether oxygens (including phenoxy) is 3. The molecule has 0 fully saturated rings. The van der Waals surface area contributed by atoms with Gasteiger partial charge in [-0.2, -0.15) is 5.10 Å². The van der Waals surface area contributed by atoms with E-state index in [1.54, 1.807) is 42.5 Å². The molecule has 0 atom stereocenters. The van der Waals surface area contributed by atoms with E-state index in [2.05, 4.69) is 15.8 Å². The number of amides is 2. The van der Waals surface area contributed by atoms with E-state index in [-0.39, 0.29) is 18.3 Å². The lowest BCUT2D eigenvalue weighted by molar-refractivity contribution is -0.118. The summed E-state index contributed by atoms with van der Waals surface area (Å²) in [4.78, 5) is 24.2. The van der Waals surface area contributed by atoms with Crippen molar-refractivity contribution >= 4 is 23.7 Å². The third kappa shape index (κ3) is 7.06. The van der Waals surface area contributed by atoms with Crippen LogP contribution in [-0.4, -0.2) is 38.9 Å². The van der Waals surface area contributed by atoms with Crippen LogP contribution in [0.2, 0.25) is 0 Å². The van der Waals surface area contributed by atoms with E-state index in [0.717, 1.165) is 0 Å². The molecule has 0 aliphatic heterocycles. The molecule has 170 valence electrons. The molecule has 8 nitrogen and oxygen atoms in total. The van der Waals surface area contributed by atoms with Gasteiger partial charge in [0.25, 0.3) is 11.8 Å². The number of nitrogens with zero attached hydrogens (tertiary/aromatic N) is 1. The minimum Gasteiger partial charge on any atom is -0.497 e. The van der Waals surface area contributed by atoms with Gasteiger partial charge in [-0.1, -0.05) is 0 Å². The molecule has 3 rings (SSSR count). The highest BCUT2D eigenvalue weighted by atomic mass is 19.1. The van der Waals surface area contributed by atoms with E-state index in [1.165, 1.54) is 44.7 Å². The highest BCUT2D eigenvalue weighted by molar-refractivity contribution is 5.95. The molecule has 0 saturated carbocycles. The number of carbonyl (C=O) groups excluding carboxylic acids is 2. The standard InChI is InChI=1S/C24H22FN3O5/c1-31-21-11-17(12-22(13-21)32-2)24(30)28-26-14-16-3-9-20(10-4-16)33-15-23(29)27-19-7-5-18(25)6-8-19/h3-14H,15H2,1-2H3,(H,27,29)(H,28,30)/b26-14+. The minimum atomic E-state index is -0.421. The van der Waals surface area contributed by atoms with Gasteiger partial charge < -0.3 is 19.5 Å². The van der Waals surface area contributed by atoms with Crippen LogP contribution in [0.5, 0.6) is 17.2 Å². The van der Waals surface area contributed by atoms with Crippen LogP contribution in [-0.2, 0) is 4.79 Å². The number of carbonyl (C=O) groups is 2. The van der Waals surface area contributed by atoms with Crippen LogP contribution in [0, 0.1) is 5.82 Å². The second kappa shape index (κ2) is 11.3. The summed E-state index contributed by atoms with van der Waals surface area (Å²) < 4.78 is 28.6. The van der Waals surface area contributed by atoms with Crippen molar-refractivity contribution in [2.45, 2.75) is 0 Å². The van der Waals surface area contributed by atoms with E-state index in [1.807, 2.05) is 0 Å². The zero-order chi connectivity index (χ0) is 23.6. The number of nitrogens with one attached hydrogen (secondary N) is 2. The fourth-order valence-corrected chi connectivity index (χ4v) is 2.70. The number of anilines is 1. The quantitative estimate of drug-likeness (QED) is 0.383. The highest BCUT2D eigenvalue weighted by Gasteiger charge is 2.09. The Labute approximate surface area is 190 Å². The Balaban J connectivity index is 1.49. The Morgan fingerprint density at radius 2 is 1.55 bits per heavy atom. The van der Waals surface area contributed by atoms with E-state index in [0.29, 0.717) is 34.1 Å². The van der Waals surface area contributed by atoms with Crippen molar-refractivity contribution in [2.75, 3.05) is 26.1 Å². The topological polar surface area (TPSA) is 98.2 Å². The Kier molecular flexibility index (Phi) is 7.96. The lowest BCUT2D eigenvalue weighted by Gasteiger charge is -2.08. The molecule has 3 aromatic carbocycles. The Hall–Kier alpha value is -4.40. The van der Waals surface area contributed by atoms with Gasteiger partial charge in [0.1, 0.15) is 23.1 Å². The number of halogens is 1. The van der Waals surface area contributed by atoms with Gasteiger partial charge in [-0.25, -0.2) is 9.82 Å². The zero-order valence-electron chi connectivity index (χ0n) is 18.0. The first-order valence-corrected chi connectivity index (χ1v) is 9.81. The normalized spacial score (nSPS) is 10.5. The minimum absolute atomic E-state index is 0.204. The van der Waals surface area contributed by atoms with Gasteiger partial charge in [-0.15, -0.1) is 0 Å². The smallest absolute Gasteiger partial charge is 0.271 e. The van der Waals surface area contributed by atoms with Crippen molar-refractivity contribution in [1.29, 1.82) is 0 Å². The number of methoxy groups -OCH3 is 2. The molecule has 33 heavy (non-hydrogen) atoms. The molecule has 3 aromatic rings. The monoisotopic (exact) mass is 451 g/mol. The molecule has 0 aliphatic rings. The van der Waals surface area contributed by atoms with Gasteiger partial charge in [0.15, 0.2) is 6.61 Å². The second-order valence-electron chi connectivity index (χ2n) is 6.71. The molecule has 0 aliphatic carbocycles. The van der Waals surface area contributed by atoms with Gasteiger partial charge in [0.2, 0.25) is 0 Å². The average molecular weight is 451 g/mol. The fourth-order valence-electron chi connectivity index (χ4n) is 2.70. The van der Waals surface area contributed by atoms with Crippen LogP contribution in [0.4, 0.5) is 10.1 Å². The average Bonchev–Trinajstić information content (AvgIpc) is 2.84. The largest absolute Gasteiger partial charge is 0.497 e. The van der Waals surface area contributed by atoms with E-state index < -0.39 is 5.91 Å². The molecule has 2 N–H and O–H groups in total. The predicted octanol–water partition coefficient (Wildman–Crippen LogP) is 3.62. The van der Waals surface area contributed by atoms with E-state index >= 15 is 0 Å². The molecule has 9 heteroatoms. The van der Waals surface area contributed by atoms with Crippen molar-refractivity contribution in [1.82, 2.24) is 5.43 Å². The maximum absolute atomic E-state index is 12.9. The Morgan fingerprint density at radius 3 is 2.15 bits per heavy atom. The summed E-state index contributed by atoms with van der Waals surface area (Å²) in [5, 5.41) is 6.56. The van der Waals surface area contributed by atoms with E-state index in [9.17, 15) is 14.0 Å². The van der Waals surface area contributed by atoms with E-state index in [4.69, 9.17) is 14.2 Å². The maximum atomic E-state index is 12.9. The summed E-state index contributed by atoms with van der Waals surface area (Å²) in [5.74, 6) is 0.289. The predicted molar refractivity (Wildman–Crippen MR) is 122 cm³/mol. The van der Waals surface area contributed by atoms with Crippen LogP contribution < -0.4 is 25.0 Å². The lowest BCUT2D eigenvalue weighted by atomic mass is 10.2. The van der Waals surface area contributed by atoms with Gasteiger partial charge in [0.05, 0.1) is 20.4 Å². The third-order valence-electron chi connectivity index (χ3n) is 4.37. The molecule has 0 aromatic heterocycles. The first kappa shape index (κ1) is 23.3. The summed E-state index contributed by atoms with van der Waals surface area (Å²) in [6.07, 6.45) is 1.47. The van der Waals surface area contributed by atoms with Crippen LogP contribution in [0.25, 0.3) is 0 Å². The van der Waals surface area contributed by atoms with Crippen molar-refractivity contribution in [2.24, 2.45) is 5.10 Å². The SMILES string of the molecule is COc1cc(OC)cc(C(=O)N/N=C/c2ccc(OCC(=O)Nc3ccc(F)cc3)cc2)c1. The van der Waals surface area contributed by atoms with Gasteiger partial charge >= 0.3 is 0 Å². The summed E-state index contributed by atoms with van der Waals surface area (Å²) in [6.45, 7) is -0.204. The first-order valence-electron chi connectivity index (χ1n) is 9.81. The Morgan fingerprint density at radius 1 is 0.909 bits per heavy atom. The van der Waals surface area contributed by atoms with Crippen molar-refractivity contribution in [3.8, 4) is 17.2 Å². The third-order valence-corrected chi connectivity index (χ3v) is 4.37. The number of hydrogen-bond donors (Lipinski definition) is 2. The summed E-state index contributed by atoms with van der Waals surface area (Å²) in [6, 6.07) is 17.0. The first-order chi connectivity index (χ1) is 16.0. The van der Waals surface area contributed by atoms with Crippen LogP contribution in [0.1, 0.15) is 15.9 Å². The molecular formula is C24H22FN3O5. The van der Waals surface area contributed by atoms with Gasteiger partial charge in [-0.05, 0) is 66.2 Å². The van der Waals surface area contributed by atoms with Crippen molar-refractivity contribution < 1.29 is 28.2 Å². The molecule has 0 radical (unpaired) electrons. The molecule has 0 heterocycles. The zero-order valence-corrected chi connectivity index (χ0v) is 18.0. The summed E-state index contributed by atoms with van der Waals surface area (Å²) >= 11 is 0. The molecule has 0 unspecified atom stereocenters. The van der Waals surface area contributed by atoms with Gasteiger partial charge in [-0.3, -0.25) is 9.59 Å². The fraction of sp³-hybridized carbons (Fsp3) is 0.125. The molecule has 0 bridgehead atoms. The van der Waals surface area contributed by atoms with Crippen molar-refractivity contribution in [3.05, 3.63) is 83.7 Å². The van der Waals surface area contributed by atoms with Gasteiger partial charge in [0, 0.05) is 17.3 Å². The van der Waals surface area contributed by atoms with Crippen LogP contribution >= 0.6 is 0 Å². The second-order valence-corrected chi connectivity index (χ2v) is 6.71. The number of rotatable bonds is 9.